The number of carboxylic acid groups (broad SMARTS) is 1. The van der Waals surface area contributed by atoms with Crippen molar-refractivity contribution in [2.24, 2.45) is 23.2 Å². The maximum atomic E-state index is 12.1. The number of rotatable bonds is 3. The Morgan fingerprint density at radius 1 is 1.25 bits per heavy atom. The Kier molecular flexibility index (Phi) is 2.37. The van der Waals surface area contributed by atoms with Gasteiger partial charge in [0.25, 0.3) is 0 Å². The van der Waals surface area contributed by atoms with Crippen LogP contribution in [0.2, 0.25) is 0 Å². The molecular weight excluding hydrogens is 254 g/mol. The van der Waals surface area contributed by atoms with Crippen molar-refractivity contribution in [3.8, 4) is 0 Å². The summed E-state index contributed by atoms with van der Waals surface area (Å²) in [4.78, 5) is 16.1. The van der Waals surface area contributed by atoms with Gasteiger partial charge in [-0.2, -0.15) is 5.10 Å². The molecule has 1 N–H and O–H groups in total. The van der Waals surface area contributed by atoms with Crippen molar-refractivity contribution < 1.29 is 9.90 Å². The van der Waals surface area contributed by atoms with Crippen LogP contribution in [-0.2, 0) is 10.3 Å². The normalized spacial score (nSPS) is 41.5. The molecule has 0 saturated heterocycles. The molecule has 1 aromatic heterocycles. The van der Waals surface area contributed by atoms with Gasteiger partial charge in [0.1, 0.15) is 12.7 Å². The smallest absolute Gasteiger partial charge is 0.332 e. The lowest BCUT2D eigenvalue weighted by atomic mass is 9.45. The van der Waals surface area contributed by atoms with Crippen LogP contribution in [0.3, 0.4) is 0 Å². The van der Waals surface area contributed by atoms with Crippen LogP contribution < -0.4 is 0 Å². The van der Waals surface area contributed by atoms with E-state index in [1.165, 1.54) is 25.6 Å². The standard InChI is InChI=1S/C15H21N3O2/c1-14(13(19)20,18-9-16-8-17-18)15-5-10-2-11(6-15)4-12(3-10)7-15/h8-12H,2-7H2,1H3,(H,19,20). The van der Waals surface area contributed by atoms with Gasteiger partial charge < -0.3 is 5.11 Å². The molecule has 108 valence electrons. The quantitative estimate of drug-likeness (QED) is 0.919. The molecule has 0 radical (unpaired) electrons. The third kappa shape index (κ3) is 1.41. The number of carboxylic acids is 1. The van der Waals surface area contributed by atoms with Crippen molar-refractivity contribution in [1.29, 1.82) is 0 Å². The Bertz CT molecular complexity index is 504. The van der Waals surface area contributed by atoms with Crippen molar-refractivity contribution in [3.63, 3.8) is 0 Å². The van der Waals surface area contributed by atoms with Gasteiger partial charge >= 0.3 is 5.97 Å². The fourth-order valence-electron chi connectivity index (χ4n) is 5.71. The second-order valence-electron chi connectivity index (χ2n) is 7.42. The van der Waals surface area contributed by atoms with Crippen LogP contribution in [0.15, 0.2) is 12.7 Å². The highest BCUT2D eigenvalue weighted by atomic mass is 16.4. The first-order chi connectivity index (χ1) is 9.53. The number of hydrogen-bond acceptors (Lipinski definition) is 3. The van der Waals surface area contributed by atoms with Crippen LogP contribution in [0, 0.1) is 23.2 Å². The molecule has 0 aliphatic heterocycles. The molecule has 4 saturated carbocycles. The summed E-state index contributed by atoms with van der Waals surface area (Å²) >= 11 is 0. The third-order valence-electron chi connectivity index (χ3n) is 6.36. The highest BCUT2D eigenvalue weighted by molar-refractivity contribution is 5.77. The van der Waals surface area contributed by atoms with Crippen molar-refractivity contribution in [2.45, 2.75) is 51.0 Å². The first kappa shape index (κ1) is 12.4. The van der Waals surface area contributed by atoms with E-state index in [0.29, 0.717) is 0 Å². The lowest BCUT2D eigenvalue weighted by Gasteiger charge is -2.61. The minimum Gasteiger partial charge on any atom is -0.479 e. The summed E-state index contributed by atoms with van der Waals surface area (Å²) in [5.74, 6) is 1.42. The van der Waals surface area contributed by atoms with E-state index in [9.17, 15) is 9.90 Å². The Balaban J connectivity index is 1.83. The van der Waals surface area contributed by atoms with E-state index < -0.39 is 11.5 Å². The molecule has 4 fully saturated rings. The summed E-state index contributed by atoms with van der Waals surface area (Å²) in [6, 6.07) is 0. The molecular formula is C15H21N3O2. The molecule has 4 bridgehead atoms. The van der Waals surface area contributed by atoms with Gasteiger partial charge in [-0.15, -0.1) is 0 Å². The van der Waals surface area contributed by atoms with Gasteiger partial charge in [-0.1, -0.05) is 0 Å². The highest BCUT2D eigenvalue weighted by Crippen LogP contribution is 2.65. The predicted octanol–water partition coefficient (Wildman–Crippen LogP) is 2.29. The summed E-state index contributed by atoms with van der Waals surface area (Å²) in [5.41, 5.74) is -1.10. The van der Waals surface area contributed by atoms with Crippen molar-refractivity contribution in [2.75, 3.05) is 0 Å². The van der Waals surface area contributed by atoms with Crippen molar-refractivity contribution >= 4 is 5.97 Å². The topological polar surface area (TPSA) is 68.0 Å². The first-order valence-electron chi connectivity index (χ1n) is 7.62. The summed E-state index contributed by atoms with van der Waals surface area (Å²) in [7, 11) is 0. The zero-order chi connectivity index (χ0) is 14.0. The van der Waals surface area contributed by atoms with Crippen LogP contribution in [0.4, 0.5) is 0 Å². The summed E-state index contributed by atoms with van der Waals surface area (Å²) in [5, 5.41) is 14.2. The lowest BCUT2D eigenvalue weighted by Crippen LogP contribution is -2.61. The van der Waals surface area contributed by atoms with Crippen molar-refractivity contribution in [1.82, 2.24) is 14.8 Å². The van der Waals surface area contributed by atoms with Crippen LogP contribution in [0.1, 0.15) is 45.4 Å². The van der Waals surface area contributed by atoms with E-state index in [4.69, 9.17) is 0 Å². The predicted molar refractivity (Wildman–Crippen MR) is 71.9 cm³/mol. The van der Waals surface area contributed by atoms with Gasteiger partial charge in [-0.25, -0.2) is 14.5 Å². The average Bonchev–Trinajstić information content (AvgIpc) is 2.89. The average molecular weight is 275 g/mol. The summed E-state index contributed by atoms with van der Waals surface area (Å²) < 4.78 is 1.60. The largest absolute Gasteiger partial charge is 0.479 e. The van der Waals surface area contributed by atoms with E-state index in [-0.39, 0.29) is 5.41 Å². The van der Waals surface area contributed by atoms with E-state index in [0.717, 1.165) is 37.0 Å². The van der Waals surface area contributed by atoms with Crippen LogP contribution in [0.5, 0.6) is 0 Å². The Hall–Kier alpha value is -1.39. The maximum absolute atomic E-state index is 12.1. The van der Waals surface area contributed by atoms with Gasteiger partial charge in [0, 0.05) is 5.41 Å². The van der Waals surface area contributed by atoms with Crippen LogP contribution >= 0.6 is 0 Å². The maximum Gasteiger partial charge on any atom is 0.332 e. The summed E-state index contributed by atoms with van der Waals surface area (Å²) in [6.07, 6.45) is 10.1. The molecule has 1 heterocycles. The minimum absolute atomic E-state index is 0.138. The monoisotopic (exact) mass is 275 g/mol. The second-order valence-corrected chi connectivity index (χ2v) is 7.42. The van der Waals surface area contributed by atoms with Gasteiger partial charge in [0.2, 0.25) is 0 Å². The van der Waals surface area contributed by atoms with E-state index in [2.05, 4.69) is 10.1 Å². The van der Waals surface area contributed by atoms with Crippen molar-refractivity contribution in [3.05, 3.63) is 12.7 Å². The molecule has 4 aliphatic rings. The molecule has 1 aromatic rings. The summed E-state index contributed by atoms with van der Waals surface area (Å²) in [6.45, 7) is 1.86. The first-order valence-corrected chi connectivity index (χ1v) is 7.62. The zero-order valence-corrected chi connectivity index (χ0v) is 11.8. The zero-order valence-electron chi connectivity index (χ0n) is 11.8. The minimum atomic E-state index is -0.959. The van der Waals surface area contributed by atoms with Gasteiger partial charge in [0.15, 0.2) is 5.54 Å². The number of hydrogen-bond donors (Lipinski definition) is 1. The molecule has 0 spiro atoms. The lowest BCUT2D eigenvalue weighted by molar-refractivity contribution is -0.173. The Morgan fingerprint density at radius 3 is 2.20 bits per heavy atom. The van der Waals surface area contributed by atoms with Crippen LogP contribution in [0.25, 0.3) is 0 Å². The Morgan fingerprint density at radius 2 is 1.80 bits per heavy atom. The number of aromatic nitrogens is 3. The molecule has 0 amide bonds. The molecule has 5 rings (SSSR count). The fraction of sp³-hybridized carbons (Fsp3) is 0.800. The van der Waals surface area contributed by atoms with E-state index in [1.54, 1.807) is 11.0 Å². The fourth-order valence-corrected chi connectivity index (χ4v) is 5.71. The number of carbonyl (C=O) groups is 1. The van der Waals surface area contributed by atoms with E-state index in [1.807, 2.05) is 6.92 Å². The Labute approximate surface area is 118 Å². The van der Waals surface area contributed by atoms with Gasteiger partial charge in [-0.3, -0.25) is 0 Å². The van der Waals surface area contributed by atoms with Gasteiger partial charge in [0.05, 0.1) is 0 Å². The van der Waals surface area contributed by atoms with Crippen LogP contribution in [-0.4, -0.2) is 25.8 Å². The molecule has 4 aliphatic carbocycles. The highest BCUT2D eigenvalue weighted by Gasteiger charge is 2.63. The number of aliphatic carboxylic acids is 1. The molecule has 1 unspecified atom stereocenters. The van der Waals surface area contributed by atoms with E-state index >= 15 is 0 Å². The second kappa shape index (κ2) is 3.83. The molecule has 1 atom stereocenters. The number of nitrogens with zero attached hydrogens (tertiary/aromatic N) is 3. The molecule has 20 heavy (non-hydrogen) atoms. The molecule has 5 heteroatoms. The molecule has 5 nitrogen and oxygen atoms in total. The molecule has 0 aromatic carbocycles. The third-order valence-corrected chi connectivity index (χ3v) is 6.36. The SMILES string of the molecule is CC(C(=O)O)(n1cncn1)C12CC3CC(CC(C3)C1)C2. The van der Waals surface area contributed by atoms with Gasteiger partial charge in [-0.05, 0) is 63.2 Å².